The summed E-state index contributed by atoms with van der Waals surface area (Å²) in [7, 11) is 0. The highest BCUT2D eigenvalue weighted by atomic mass is 79.9. The van der Waals surface area contributed by atoms with Crippen LogP contribution in [0.4, 0.5) is 0 Å². The highest BCUT2D eigenvalue weighted by molar-refractivity contribution is 9.10. The highest BCUT2D eigenvalue weighted by Crippen LogP contribution is 2.25. The molecule has 0 saturated carbocycles. The zero-order valence-corrected chi connectivity index (χ0v) is 14.4. The van der Waals surface area contributed by atoms with E-state index in [4.69, 9.17) is 4.74 Å². The Morgan fingerprint density at radius 2 is 1.76 bits per heavy atom. The predicted molar refractivity (Wildman–Crippen MR) is 91.6 cm³/mol. The van der Waals surface area contributed by atoms with E-state index in [1.54, 1.807) is 0 Å². The van der Waals surface area contributed by atoms with E-state index in [9.17, 15) is 0 Å². The fraction of sp³-hybridized carbons (Fsp3) is 0.333. The highest BCUT2D eigenvalue weighted by Gasteiger charge is 2.09. The van der Waals surface area contributed by atoms with Crippen molar-refractivity contribution in [2.45, 2.75) is 39.5 Å². The van der Waals surface area contributed by atoms with Gasteiger partial charge in [-0.05, 0) is 44.5 Å². The summed E-state index contributed by atoms with van der Waals surface area (Å²) in [6, 6.07) is 16.9. The van der Waals surface area contributed by atoms with Gasteiger partial charge in [-0.25, -0.2) is 0 Å². The van der Waals surface area contributed by atoms with Crippen molar-refractivity contribution in [1.82, 2.24) is 5.32 Å². The third-order valence-corrected chi connectivity index (χ3v) is 3.78. The normalized spacial score (nSPS) is 12.4. The van der Waals surface area contributed by atoms with Gasteiger partial charge in [0.25, 0.3) is 0 Å². The second-order valence-electron chi connectivity index (χ2n) is 5.43. The molecule has 0 radical (unpaired) electrons. The van der Waals surface area contributed by atoms with Crippen LogP contribution in [0.25, 0.3) is 0 Å². The molecule has 0 aliphatic heterocycles. The van der Waals surface area contributed by atoms with Crippen molar-refractivity contribution in [1.29, 1.82) is 0 Å². The largest absolute Gasteiger partial charge is 0.491 e. The summed E-state index contributed by atoms with van der Waals surface area (Å²) in [6.07, 6.45) is 0.177. The van der Waals surface area contributed by atoms with E-state index in [2.05, 4.69) is 58.5 Å². The molecule has 0 spiro atoms. The Labute approximate surface area is 135 Å². The summed E-state index contributed by atoms with van der Waals surface area (Å²) in [6.45, 7) is 7.05. The van der Waals surface area contributed by atoms with Crippen molar-refractivity contribution in [2.75, 3.05) is 0 Å². The third kappa shape index (κ3) is 4.87. The molecule has 0 saturated heterocycles. The maximum Gasteiger partial charge on any atom is 0.124 e. The van der Waals surface area contributed by atoms with Gasteiger partial charge in [-0.2, -0.15) is 0 Å². The van der Waals surface area contributed by atoms with Gasteiger partial charge < -0.3 is 10.1 Å². The number of rotatable bonds is 6. The van der Waals surface area contributed by atoms with E-state index >= 15 is 0 Å². The minimum Gasteiger partial charge on any atom is -0.491 e. The first kappa shape index (κ1) is 16.1. The van der Waals surface area contributed by atoms with Gasteiger partial charge in [0.2, 0.25) is 0 Å². The number of hydrogen-bond donors (Lipinski definition) is 1. The Bertz CT molecular complexity index is 569. The first-order chi connectivity index (χ1) is 10.1. The van der Waals surface area contributed by atoms with Gasteiger partial charge in [-0.1, -0.05) is 46.3 Å². The SMILES string of the molecule is CC(C)Oc1ccc(Br)cc1CN[C@@H](C)c1ccccc1. The maximum absolute atomic E-state index is 5.88. The summed E-state index contributed by atoms with van der Waals surface area (Å²) in [4.78, 5) is 0. The van der Waals surface area contributed by atoms with Gasteiger partial charge >= 0.3 is 0 Å². The van der Waals surface area contributed by atoms with E-state index in [-0.39, 0.29) is 6.10 Å². The molecular formula is C18H22BrNO. The van der Waals surface area contributed by atoms with Crippen LogP contribution in [0, 0.1) is 0 Å². The van der Waals surface area contributed by atoms with Crippen molar-refractivity contribution in [2.24, 2.45) is 0 Å². The van der Waals surface area contributed by atoms with Crippen LogP contribution in [0.3, 0.4) is 0 Å². The molecule has 0 aliphatic carbocycles. The van der Waals surface area contributed by atoms with Crippen molar-refractivity contribution in [3.63, 3.8) is 0 Å². The molecule has 0 fully saturated rings. The van der Waals surface area contributed by atoms with Crippen LogP contribution in [0.2, 0.25) is 0 Å². The minimum absolute atomic E-state index is 0.177. The molecular weight excluding hydrogens is 326 g/mol. The van der Waals surface area contributed by atoms with Crippen molar-refractivity contribution >= 4 is 15.9 Å². The molecule has 3 heteroatoms. The summed E-state index contributed by atoms with van der Waals surface area (Å²) in [5.41, 5.74) is 2.46. The molecule has 2 nitrogen and oxygen atoms in total. The van der Waals surface area contributed by atoms with E-state index in [1.165, 1.54) is 11.1 Å². The lowest BCUT2D eigenvalue weighted by molar-refractivity contribution is 0.239. The fourth-order valence-electron chi connectivity index (χ4n) is 2.18. The molecule has 2 aromatic rings. The average Bonchev–Trinajstić information content (AvgIpc) is 2.47. The summed E-state index contributed by atoms with van der Waals surface area (Å²) in [5.74, 6) is 0.945. The van der Waals surface area contributed by atoms with Crippen molar-refractivity contribution < 1.29 is 4.74 Å². The monoisotopic (exact) mass is 347 g/mol. The standard InChI is InChI=1S/C18H22BrNO/c1-13(2)21-18-10-9-17(19)11-16(18)12-20-14(3)15-7-5-4-6-8-15/h4-11,13-14,20H,12H2,1-3H3/t14-/m0/s1. The third-order valence-electron chi connectivity index (χ3n) is 3.28. The van der Waals surface area contributed by atoms with Crippen LogP contribution in [-0.2, 0) is 6.54 Å². The molecule has 0 aliphatic rings. The van der Waals surface area contributed by atoms with E-state index in [1.807, 2.05) is 32.0 Å². The smallest absolute Gasteiger partial charge is 0.124 e. The number of benzene rings is 2. The summed E-state index contributed by atoms with van der Waals surface area (Å²) >= 11 is 3.53. The molecule has 1 atom stereocenters. The summed E-state index contributed by atoms with van der Waals surface area (Å²) in [5, 5.41) is 3.56. The molecule has 2 aromatic carbocycles. The van der Waals surface area contributed by atoms with Crippen LogP contribution in [-0.4, -0.2) is 6.10 Å². The van der Waals surface area contributed by atoms with Gasteiger partial charge in [0.15, 0.2) is 0 Å². The second-order valence-corrected chi connectivity index (χ2v) is 6.35. The van der Waals surface area contributed by atoms with Crippen LogP contribution < -0.4 is 10.1 Å². The van der Waals surface area contributed by atoms with E-state index < -0.39 is 0 Å². The van der Waals surface area contributed by atoms with E-state index in [0.29, 0.717) is 6.04 Å². The average molecular weight is 348 g/mol. The van der Waals surface area contributed by atoms with Crippen molar-refractivity contribution in [3.05, 3.63) is 64.1 Å². The molecule has 0 aromatic heterocycles. The lowest BCUT2D eigenvalue weighted by Crippen LogP contribution is -2.19. The first-order valence-corrected chi connectivity index (χ1v) is 8.09. The fourth-order valence-corrected chi connectivity index (χ4v) is 2.59. The number of hydrogen-bond acceptors (Lipinski definition) is 2. The van der Waals surface area contributed by atoms with Crippen LogP contribution in [0.15, 0.2) is 53.0 Å². The molecule has 0 bridgehead atoms. The number of nitrogens with one attached hydrogen (secondary N) is 1. The topological polar surface area (TPSA) is 21.3 Å². The lowest BCUT2D eigenvalue weighted by atomic mass is 10.1. The molecule has 0 heterocycles. The Morgan fingerprint density at radius 1 is 1.05 bits per heavy atom. The quantitative estimate of drug-likeness (QED) is 0.785. The van der Waals surface area contributed by atoms with Crippen LogP contribution in [0.1, 0.15) is 37.9 Å². The predicted octanol–water partition coefficient (Wildman–Crippen LogP) is 5.09. The molecule has 112 valence electrons. The molecule has 1 N–H and O–H groups in total. The Balaban J connectivity index is 2.07. The first-order valence-electron chi connectivity index (χ1n) is 7.29. The number of ether oxygens (including phenoxy) is 1. The zero-order chi connectivity index (χ0) is 15.2. The van der Waals surface area contributed by atoms with Gasteiger partial charge in [0.05, 0.1) is 6.10 Å². The van der Waals surface area contributed by atoms with Gasteiger partial charge in [-0.3, -0.25) is 0 Å². The van der Waals surface area contributed by atoms with Crippen LogP contribution >= 0.6 is 15.9 Å². The van der Waals surface area contributed by atoms with E-state index in [0.717, 1.165) is 16.8 Å². The Hall–Kier alpha value is -1.32. The molecule has 0 amide bonds. The maximum atomic E-state index is 5.88. The molecule has 0 unspecified atom stereocenters. The van der Waals surface area contributed by atoms with Gasteiger partial charge in [0, 0.05) is 22.6 Å². The number of halogens is 1. The zero-order valence-electron chi connectivity index (χ0n) is 12.8. The second kappa shape index (κ2) is 7.62. The Morgan fingerprint density at radius 3 is 2.43 bits per heavy atom. The van der Waals surface area contributed by atoms with Crippen molar-refractivity contribution in [3.8, 4) is 5.75 Å². The Kier molecular flexibility index (Phi) is 5.83. The molecule has 21 heavy (non-hydrogen) atoms. The lowest BCUT2D eigenvalue weighted by Gasteiger charge is -2.18. The summed E-state index contributed by atoms with van der Waals surface area (Å²) < 4.78 is 6.95. The van der Waals surface area contributed by atoms with Gasteiger partial charge in [-0.15, -0.1) is 0 Å². The van der Waals surface area contributed by atoms with Gasteiger partial charge in [0.1, 0.15) is 5.75 Å². The minimum atomic E-state index is 0.177. The molecule has 2 rings (SSSR count). The van der Waals surface area contributed by atoms with Crippen LogP contribution in [0.5, 0.6) is 5.75 Å².